The summed E-state index contributed by atoms with van der Waals surface area (Å²) in [6, 6.07) is 7.32. The van der Waals surface area contributed by atoms with Gasteiger partial charge in [-0.2, -0.15) is 0 Å². The van der Waals surface area contributed by atoms with Crippen LogP contribution in [-0.4, -0.2) is 39.0 Å². The highest BCUT2D eigenvalue weighted by Gasteiger charge is 2.17. The van der Waals surface area contributed by atoms with E-state index in [-0.39, 0.29) is 13.5 Å². The van der Waals surface area contributed by atoms with Gasteiger partial charge in [-0.15, -0.1) is 11.3 Å². The lowest BCUT2D eigenvalue weighted by Crippen LogP contribution is -2.31. The van der Waals surface area contributed by atoms with E-state index in [1.807, 2.05) is 29.6 Å². The highest BCUT2D eigenvalue weighted by Crippen LogP contribution is 2.25. The molecule has 1 aliphatic rings. The lowest BCUT2D eigenvalue weighted by atomic mass is 10.1. The van der Waals surface area contributed by atoms with Crippen LogP contribution in [0.4, 0.5) is 16.4 Å². The van der Waals surface area contributed by atoms with Gasteiger partial charge in [-0.3, -0.25) is 20.5 Å². The van der Waals surface area contributed by atoms with Gasteiger partial charge in [0.15, 0.2) is 0 Å². The molecule has 8 heteroatoms. The maximum atomic E-state index is 12.3. The summed E-state index contributed by atoms with van der Waals surface area (Å²) in [4.78, 5) is 27.7. The fourth-order valence-corrected chi connectivity index (χ4v) is 3.79. The molecule has 7 nitrogen and oxygen atoms in total. The molecule has 4 rings (SSSR count). The van der Waals surface area contributed by atoms with Gasteiger partial charge in [0.2, 0.25) is 0 Å². The first kappa shape index (κ1) is 19.9. The second-order valence-electron chi connectivity index (χ2n) is 6.27. The van der Waals surface area contributed by atoms with E-state index in [4.69, 9.17) is 0 Å². The number of nitrogens with one attached hydrogen (secondary N) is 2. The van der Waals surface area contributed by atoms with Crippen LogP contribution in [0.5, 0.6) is 0 Å². The van der Waals surface area contributed by atoms with Crippen molar-refractivity contribution in [2.75, 3.05) is 23.7 Å². The third-order valence-electron chi connectivity index (χ3n) is 4.49. The SMILES string of the molecule is C.CCN1CCc2nc(NC(=O)Nc3csc(-c4ccncc4)n3)ccc2C1. The lowest BCUT2D eigenvalue weighted by Gasteiger charge is -2.27. The van der Waals surface area contributed by atoms with Gasteiger partial charge < -0.3 is 0 Å². The van der Waals surface area contributed by atoms with Crippen molar-refractivity contribution in [1.82, 2.24) is 19.9 Å². The van der Waals surface area contributed by atoms with Gasteiger partial charge in [0.05, 0.1) is 0 Å². The van der Waals surface area contributed by atoms with Crippen LogP contribution in [0, 0.1) is 0 Å². The number of rotatable bonds is 4. The fraction of sp³-hybridized carbons (Fsp3) is 0.300. The largest absolute Gasteiger partial charge is 0.326 e. The predicted molar refractivity (Wildman–Crippen MR) is 114 cm³/mol. The summed E-state index contributed by atoms with van der Waals surface area (Å²) < 4.78 is 0. The van der Waals surface area contributed by atoms with Gasteiger partial charge in [-0.1, -0.05) is 20.4 Å². The molecule has 0 radical (unpaired) electrons. The molecule has 0 atom stereocenters. The number of pyridine rings is 2. The van der Waals surface area contributed by atoms with Gasteiger partial charge in [0.25, 0.3) is 0 Å². The van der Waals surface area contributed by atoms with E-state index in [0.717, 1.165) is 42.3 Å². The summed E-state index contributed by atoms with van der Waals surface area (Å²) in [5.74, 6) is 1.07. The van der Waals surface area contributed by atoms with Crippen LogP contribution >= 0.6 is 11.3 Å². The van der Waals surface area contributed by atoms with Crippen molar-refractivity contribution in [3.05, 3.63) is 53.3 Å². The minimum Gasteiger partial charge on any atom is -0.299 e. The van der Waals surface area contributed by atoms with Crippen LogP contribution in [0.15, 0.2) is 42.0 Å². The summed E-state index contributed by atoms with van der Waals surface area (Å²) in [7, 11) is 0. The van der Waals surface area contributed by atoms with Crippen molar-refractivity contribution in [2.45, 2.75) is 27.3 Å². The molecule has 3 aromatic heterocycles. The second-order valence-corrected chi connectivity index (χ2v) is 7.13. The number of hydrogen-bond donors (Lipinski definition) is 2. The zero-order valence-electron chi connectivity index (χ0n) is 15.0. The molecule has 2 amide bonds. The minimum absolute atomic E-state index is 0. The van der Waals surface area contributed by atoms with E-state index in [0.29, 0.717) is 11.6 Å². The number of thiazole rings is 1. The highest BCUT2D eigenvalue weighted by atomic mass is 32.1. The van der Waals surface area contributed by atoms with Gasteiger partial charge in [0.1, 0.15) is 16.6 Å². The third kappa shape index (κ3) is 4.52. The van der Waals surface area contributed by atoms with Gasteiger partial charge >= 0.3 is 6.03 Å². The highest BCUT2D eigenvalue weighted by molar-refractivity contribution is 7.13. The smallest absolute Gasteiger partial charge is 0.299 e. The maximum Gasteiger partial charge on any atom is 0.326 e. The van der Waals surface area contributed by atoms with E-state index < -0.39 is 0 Å². The Morgan fingerprint density at radius 1 is 1.14 bits per heavy atom. The molecule has 0 aliphatic carbocycles. The second kappa shape index (κ2) is 8.90. The maximum absolute atomic E-state index is 12.3. The number of fused-ring (bicyclic) bond motifs is 1. The fourth-order valence-electron chi connectivity index (χ4n) is 3.04. The normalized spacial score (nSPS) is 13.3. The van der Waals surface area contributed by atoms with E-state index in [9.17, 15) is 4.79 Å². The molecule has 0 saturated carbocycles. The topological polar surface area (TPSA) is 83.0 Å². The molecule has 0 unspecified atom stereocenters. The molecule has 0 fully saturated rings. The zero-order chi connectivity index (χ0) is 18.6. The lowest BCUT2D eigenvalue weighted by molar-refractivity contribution is 0.261. The molecule has 0 spiro atoms. The first-order chi connectivity index (χ1) is 13.2. The number of aromatic nitrogens is 3. The van der Waals surface area contributed by atoms with Crippen molar-refractivity contribution in [3.63, 3.8) is 0 Å². The average molecular weight is 397 g/mol. The Balaban J connectivity index is 0.00000225. The van der Waals surface area contributed by atoms with E-state index in [1.54, 1.807) is 12.4 Å². The van der Waals surface area contributed by atoms with Crippen LogP contribution < -0.4 is 10.6 Å². The summed E-state index contributed by atoms with van der Waals surface area (Å²) >= 11 is 1.47. The average Bonchev–Trinajstić information content (AvgIpc) is 3.16. The molecule has 0 aromatic carbocycles. The quantitative estimate of drug-likeness (QED) is 0.688. The number of anilines is 2. The van der Waals surface area contributed by atoms with Crippen molar-refractivity contribution >= 4 is 29.0 Å². The molecule has 4 heterocycles. The molecule has 3 aromatic rings. The Labute approximate surface area is 168 Å². The first-order valence-electron chi connectivity index (χ1n) is 8.86. The monoisotopic (exact) mass is 396 g/mol. The van der Waals surface area contributed by atoms with Crippen LogP contribution in [0.3, 0.4) is 0 Å². The number of carbonyl (C=O) groups is 1. The van der Waals surface area contributed by atoms with Crippen molar-refractivity contribution in [1.29, 1.82) is 0 Å². The Kier molecular flexibility index (Phi) is 6.33. The molecular formula is C20H24N6OS. The van der Waals surface area contributed by atoms with Crippen LogP contribution in [0.2, 0.25) is 0 Å². The van der Waals surface area contributed by atoms with Gasteiger partial charge in [0, 0.05) is 48.5 Å². The Hall–Kier alpha value is -2.84. The molecule has 28 heavy (non-hydrogen) atoms. The summed E-state index contributed by atoms with van der Waals surface area (Å²) in [5, 5.41) is 8.20. The molecular weight excluding hydrogens is 372 g/mol. The van der Waals surface area contributed by atoms with E-state index >= 15 is 0 Å². The Bertz CT molecular complexity index is 943. The van der Waals surface area contributed by atoms with Crippen LogP contribution in [0.1, 0.15) is 25.6 Å². The van der Waals surface area contributed by atoms with Crippen molar-refractivity contribution in [3.8, 4) is 10.6 Å². The van der Waals surface area contributed by atoms with Crippen molar-refractivity contribution in [2.24, 2.45) is 0 Å². The van der Waals surface area contributed by atoms with Gasteiger partial charge in [-0.25, -0.2) is 14.8 Å². The Morgan fingerprint density at radius 2 is 1.93 bits per heavy atom. The zero-order valence-corrected chi connectivity index (χ0v) is 15.8. The molecule has 0 saturated heterocycles. The molecule has 1 aliphatic heterocycles. The molecule has 0 bridgehead atoms. The predicted octanol–water partition coefficient (Wildman–Crippen LogP) is 4.26. The van der Waals surface area contributed by atoms with Crippen molar-refractivity contribution < 1.29 is 4.79 Å². The summed E-state index contributed by atoms with van der Waals surface area (Å²) in [6.07, 6.45) is 4.34. The van der Waals surface area contributed by atoms with E-state index in [1.165, 1.54) is 16.9 Å². The van der Waals surface area contributed by atoms with Crippen LogP contribution in [-0.2, 0) is 13.0 Å². The number of urea groups is 1. The summed E-state index contributed by atoms with van der Waals surface area (Å²) in [5.41, 5.74) is 3.27. The number of nitrogens with zero attached hydrogens (tertiary/aromatic N) is 4. The van der Waals surface area contributed by atoms with E-state index in [2.05, 4.69) is 37.4 Å². The molecule has 146 valence electrons. The summed E-state index contributed by atoms with van der Waals surface area (Å²) in [6.45, 7) is 5.12. The van der Waals surface area contributed by atoms with Crippen LogP contribution in [0.25, 0.3) is 10.6 Å². The number of carbonyl (C=O) groups excluding carboxylic acids is 1. The number of amides is 2. The number of likely N-dealkylation sites (N-methyl/N-ethyl adjacent to an activating group) is 1. The standard InChI is InChI=1S/C19H20N6OS.CH4/c1-2-25-10-7-15-14(11-25)3-4-16(21-15)23-19(26)24-17-12-27-18(22-17)13-5-8-20-9-6-13;/h3-6,8-9,12H,2,7,10-11H2,1H3,(H2,21,23,24,26);1H4. The Morgan fingerprint density at radius 3 is 2.71 bits per heavy atom. The molecule has 2 N–H and O–H groups in total. The van der Waals surface area contributed by atoms with Gasteiger partial charge in [-0.05, 0) is 30.3 Å². The third-order valence-corrected chi connectivity index (χ3v) is 5.38. The minimum atomic E-state index is -0.347. The first-order valence-corrected chi connectivity index (χ1v) is 9.74. The number of hydrogen-bond acceptors (Lipinski definition) is 6.